The predicted molar refractivity (Wildman–Crippen MR) is 61.5 cm³/mol. The van der Waals surface area contributed by atoms with Gasteiger partial charge in [0.2, 0.25) is 0 Å². The fourth-order valence-electron chi connectivity index (χ4n) is 1.85. The second kappa shape index (κ2) is 5.36. The molecule has 0 saturated carbocycles. The predicted octanol–water partition coefficient (Wildman–Crippen LogP) is -3.82. The van der Waals surface area contributed by atoms with Gasteiger partial charge in [0, 0.05) is 0 Å². The van der Waals surface area contributed by atoms with Crippen molar-refractivity contribution in [2.24, 2.45) is 5.73 Å². The van der Waals surface area contributed by atoms with Crippen molar-refractivity contribution >= 4 is 21.8 Å². The minimum absolute atomic E-state index is 0. The lowest BCUT2D eigenvalue weighted by molar-refractivity contribution is -0.00100. The molecule has 0 saturated heterocycles. The second-order valence-electron chi connectivity index (χ2n) is 3.60. The molecule has 3 rings (SSSR count). The number of nitrogens with two attached hydrogens (primary N) is 1. The highest BCUT2D eigenvalue weighted by Gasteiger charge is 2.02. The van der Waals surface area contributed by atoms with Gasteiger partial charge in [0.25, 0.3) is 0 Å². The minimum atomic E-state index is 0. The zero-order valence-corrected chi connectivity index (χ0v) is 10.5. The summed E-state index contributed by atoms with van der Waals surface area (Å²) in [5.74, 6) is 0.834. The summed E-state index contributed by atoms with van der Waals surface area (Å²) in [6.45, 7) is 0.449. The molecule has 1 heterocycles. The molecular weight excluding hydrogens is 257 g/mol. The van der Waals surface area contributed by atoms with Crippen molar-refractivity contribution in [1.29, 1.82) is 0 Å². The number of rotatable bonds is 1. The van der Waals surface area contributed by atoms with Crippen LogP contribution >= 0.6 is 0 Å². The number of nitrogens with zero attached hydrogens (tertiary/aromatic N) is 1. The number of H-pyrrole nitrogens is 1. The zero-order chi connectivity index (χ0) is 10.3. The van der Waals surface area contributed by atoms with Crippen molar-refractivity contribution in [2.45, 2.75) is 6.54 Å². The van der Waals surface area contributed by atoms with Crippen molar-refractivity contribution in [1.82, 2.24) is 9.97 Å². The molecule has 90 valence electrons. The molecule has 0 aliphatic carbocycles. The van der Waals surface area contributed by atoms with E-state index < -0.39 is 0 Å². The number of nitrogens with one attached hydrogen (secondary N) is 1. The molecule has 0 atom stereocenters. The molecule has 3 aromatic rings. The average Bonchev–Trinajstić information content (AvgIpc) is 2.67. The zero-order valence-electron chi connectivity index (χ0n) is 8.95. The first kappa shape index (κ1) is 13.8. The van der Waals surface area contributed by atoms with Crippen LogP contribution < -0.4 is 30.5 Å². The van der Waals surface area contributed by atoms with Gasteiger partial charge >= 0.3 is 0 Å². The molecule has 0 aliphatic heterocycles. The summed E-state index contributed by atoms with van der Waals surface area (Å²) in [6.07, 6.45) is 0. The number of hydrogen-bond acceptors (Lipinski definition) is 2. The minimum Gasteiger partial charge on any atom is -1.00 e. The van der Waals surface area contributed by atoms with Crippen LogP contribution in [0.3, 0.4) is 0 Å². The third-order valence-electron chi connectivity index (χ3n) is 2.59. The van der Waals surface area contributed by atoms with Gasteiger partial charge in [-0.25, -0.2) is 4.98 Å². The number of aromatic amines is 1. The number of benzene rings is 2. The van der Waals surface area contributed by atoms with Crippen LogP contribution in [-0.4, -0.2) is 9.97 Å². The number of halogens is 2. The quantitative estimate of drug-likeness (QED) is 0.475. The monoisotopic (exact) mass is 267 g/mol. The van der Waals surface area contributed by atoms with E-state index in [1.807, 2.05) is 12.1 Å². The van der Waals surface area contributed by atoms with E-state index in [1.54, 1.807) is 0 Å². The van der Waals surface area contributed by atoms with Gasteiger partial charge in [-0.15, -0.1) is 0 Å². The molecule has 0 amide bonds. The Balaban J connectivity index is 0.000000722. The van der Waals surface area contributed by atoms with E-state index in [-0.39, 0.29) is 24.8 Å². The summed E-state index contributed by atoms with van der Waals surface area (Å²) in [6, 6.07) is 12.4. The maximum Gasteiger partial charge on any atom is 0.121 e. The lowest BCUT2D eigenvalue weighted by atomic mass is 10.1. The topological polar surface area (TPSA) is 54.7 Å². The lowest BCUT2D eigenvalue weighted by Gasteiger charge is -1.95. The van der Waals surface area contributed by atoms with E-state index >= 15 is 0 Å². The summed E-state index contributed by atoms with van der Waals surface area (Å²) < 4.78 is 0. The Morgan fingerprint density at radius 3 is 2.35 bits per heavy atom. The SMILES string of the molecule is NCc1nc2cc3ccccc3cc2[nH]1.[Cl-].[Cl-]. The maximum atomic E-state index is 5.55. The lowest BCUT2D eigenvalue weighted by Crippen LogP contribution is -3.00. The van der Waals surface area contributed by atoms with E-state index in [0.717, 1.165) is 16.9 Å². The molecule has 3 N–H and O–H groups in total. The van der Waals surface area contributed by atoms with Crippen LogP contribution in [0.15, 0.2) is 36.4 Å². The van der Waals surface area contributed by atoms with E-state index in [0.29, 0.717) is 6.54 Å². The Morgan fingerprint density at radius 1 is 1.06 bits per heavy atom. The van der Waals surface area contributed by atoms with Crippen LogP contribution in [0.1, 0.15) is 5.82 Å². The molecule has 2 aromatic carbocycles. The van der Waals surface area contributed by atoms with Crippen LogP contribution in [0.2, 0.25) is 0 Å². The normalized spacial score (nSPS) is 9.94. The molecule has 0 unspecified atom stereocenters. The number of hydrogen-bond donors (Lipinski definition) is 2. The van der Waals surface area contributed by atoms with Gasteiger partial charge in [-0.1, -0.05) is 24.3 Å². The fourth-order valence-corrected chi connectivity index (χ4v) is 1.85. The molecule has 5 heteroatoms. The largest absolute Gasteiger partial charge is 1.00 e. The summed E-state index contributed by atoms with van der Waals surface area (Å²) in [4.78, 5) is 7.60. The van der Waals surface area contributed by atoms with Crippen LogP contribution in [0, 0.1) is 0 Å². The Morgan fingerprint density at radius 2 is 1.71 bits per heavy atom. The first-order valence-corrected chi connectivity index (χ1v) is 4.94. The van der Waals surface area contributed by atoms with Crippen LogP contribution in [-0.2, 0) is 6.54 Å². The van der Waals surface area contributed by atoms with E-state index in [1.165, 1.54) is 10.8 Å². The average molecular weight is 268 g/mol. The molecule has 0 aliphatic rings. The van der Waals surface area contributed by atoms with Gasteiger partial charge in [0.05, 0.1) is 17.6 Å². The second-order valence-corrected chi connectivity index (χ2v) is 3.60. The number of aromatic nitrogens is 2. The fraction of sp³-hybridized carbons (Fsp3) is 0.0833. The summed E-state index contributed by atoms with van der Waals surface area (Å²) >= 11 is 0. The molecule has 3 nitrogen and oxygen atoms in total. The Kier molecular flexibility index (Phi) is 4.34. The molecule has 0 spiro atoms. The maximum absolute atomic E-state index is 5.55. The van der Waals surface area contributed by atoms with Crippen LogP contribution in [0.5, 0.6) is 0 Å². The van der Waals surface area contributed by atoms with Crippen LogP contribution in [0.25, 0.3) is 21.8 Å². The van der Waals surface area contributed by atoms with E-state index in [4.69, 9.17) is 5.73 Å². The van der Waals surface area contributed by atoms with Crippen molar-refractivity contribution < 1.29 is 24.8 Å². The summed E-state index contributed by atoms with van der Waals surface area (Å²) in [5.41, 5.74) is 7.58. The van der Waals surface area contributed by atoms with Crippen molar-refractivity contribution in [3.8, 4) is 0 Å². The van der Waals surface area contributed by atoms with Crippen molar-refractivity contribution in [2.75, 3.05) is 0 Å². The Hall–Kier alpha value is -1.29. The van der Waals surface area contributed by atoms with E-state index in [9.17, 15) is 0 Å². The summed E-state index contributed by atoms with van der Waals surface area (Å²) in [7, 11) is 0. The van der Waals surface area contributed by atoms with Gasteiger partial charge in [-0.05, 0) is 22.9 Å². The van der Waals surface area contributed by atoms with Gasteiger partial charge < -0.3 is 35.5 Å². The highest BCUT2D eigenvalue weighted by Crippen LogP contribution is 2.20. The Bertz CT molecular complexity index is 581. The molecule has 17 heavy (non-hydrogen) atoms. The van der Waals surface area contributed by atoms with E-state index in [2.05, 4.69) is 34.2 Å². The summed E-state index contributed by atoms with van der Waals surface area (Å²) in [5, 5.41) is 2.43. The van der Waals surface area contributed by atoms with Gasteiger partial charge in [0.15, 0.2) is 0 Å². The number of fused-ring (bicyclic) bond motifs is 2. The van der Waals surface area contributed by atoms with Gasteiger partial charge in [0.1, 0.15) is 5.82 Å². The number of imidazole rings is 1. The first-order valence-electron chi connectivity index (χ1n) is 4.94. The first-order chi connectivity index (χ1) is 7.36. The standard InChI is InChI=1S/C12H11N3.2ClH/c13-7-12-14-10-5-8-3-1-2-4-9(8)6-11(10)15-12;;/h1-6H,7,13H2,(H,14,15);2*1H/p-2. The molecule has 0 bridgehead atoms. The van der Waals surface area contributed by atoms with Gasteiger partial charge in [-0.2, -0.15) is 0 Å². The highest BCUT2D eigenvalue weighted by molar-refractivity contribution is 5.95. The molecular formula is C12H11Cl2N3-2. The molecule has 0 radical (unpaired) electrons. The van der Waals surface area contributed by atoms with Crippen LogP contribution in [0.4, 0.5) is 0 Å². The van der Waals surface area contributed by atoms with Gasteiger partial charge in [-0.3, -0.25) is 0 Å². The van der Waals surface area contributed by atoms with Crippen molar-refractivity contribution in [3.05, 3.63) is 42.2 Å². The highest BCUT2D eigenvalue weighted by atomic mass is 35.5. The third kappa shape index (κ3) is 2.36. The third-order valence-corrected chi connectivity index (χ3v) is 2.59. The van der Waals surface area contributed by atoms with Crippen molar-refractivity contribution in [3.63, 3.8) is 0 Å². The molecule has 1 aromatic heterocycles. The smallest absolute Gasteiger partial charge is 0.121 e. The molecule has 0 fully saturated rings. The Labute approximate surface area is 111 Å².